The monoisotopic (exact) mass is 465 g/mol. The summed E-state index contributed by atoms with van der Waals surface area (Å²) in [4.78, 5) is 14.7. The minimum absolute atomic E-state index is 0. The topological polar surface area (TPSA) is 101 Å². The number of nitro benzene ring substituents is 1. The van der Waals surface area contributed by atoms with E-state index in [9.17, 15) is 10.1 Å². The molecule has 0 radical (unpaired) electrons. The molecule has 0 unspecified atom stereocenters. The first-order valence-corrected chi connectivity index (χ1v) is 7.93. The summed E-state index contributed by atoms with van der Waals surface area (Å²) in [5, 5.41) is 20.2. The lowest BCUT2D eigenvalue weighted by molar-refractivity contribution is -0.384. The second-order valence-electron chi connectivity index (χ2n) is 5.82. The Labute approximate surface area is 166 Å². The number of nitrogens with zero attached hydrogens (tertiary/aromatic N) is 2. The molecule has 142 valence electrons. The normalized spacial score (nSPS) is 11.4. The molecule has 8 nitrogen and oxygen atoms in total. The predicted octanol–water partition coefficient (Wildman–Crippen LogP) is 2.60. The van der Waals surface area contributed by atoms with Gasteiger partial charge in [0.1, 0.15) is 0 Å². The van der Waals surface area contributed by atoms with Crippen molar-refractivity contribution in [3.8, 4) is 0 Å². The van der Waals surface area contributed by atoms with Crippen LogP contribution in [0, 0.1) is 10.1 Å². The second-order valence-corrected chi connectivity index (χ2v) is 5.82. The van der Waals surface area contributed by atoms with Crippen molar-refractivity contribution in [1.82, 2.24) is 10.6 Å². The van der Waals surface area contributed by atoms with E-state index < -0.39 is 4.92 Å². The molecule has 0 fully saturated rings. The number of rotatable bonds is 9. The van der Waals surface area contributed by atoms with Crippen LogP contribution < -0.4 is 16.0 Å². The number of aliphatic imine (C=N–C) groups is 1. The molecule has 0 bridgehead atoms. The standard InChI is InChI=1S/C16H27N5O3.HI/c1-5-17-15(20-12-16(2,3)24-4)19-11-10-18-13-6-8-14(9-7-13)21(22)23;/h6-9,18H,5,10-12H2,1-4H3,(H2,17,19,20);1H. The predicted molar refractivity (Wildman–Crippen MR) is 112 cm³/mol. The van der Waals surface area contributed by atoms with Gasteiger partial charge in [-0.1, -0.05) is 0 Å². The highest BCUT2D eigenvalue weighted by molar-refractivity contribution is 14.0. The molecule has 1 aromatic rings. The highest BCUT2D eigenvalue weighted by atomic mass is 127. The maximum Gasteiger partial charge on any atom is 0.269 e. The van der Waals surface area contributed by atoms with Crippen molar-refractivity contribution >= 4 is 41.3 Å². The zero-order chi connectivity index (χ0) is 18.0. The van der Waals surface area contributed by atoms with Crippen LogP contribution in [0.15, 0.2) is 29.3 Å². The van der Waals surface area contributed by atoms with Gasteiger partial charge in [0.2, 0.25) is 0 Å². The van der Waals surface area contributed by atoms with Gasteiger partial charge in [-0.25, -0.2) is 0 Å². The van der Waals surface area contributed by atoms with E-state index in [0.717, 1.165) is 18.2 Å². The van der Waals surface area contributed by atoms with Crippen LogP contribution in [-0.4, -0.2) is 49.8 Å². The Bertz CT molecular complexity index is 549. The average molecular weight is 465 g/mol. The Morgan fingerprint density at radius 3 is 2.40 bits per heavy atom. The van der Waals surface area contributed by atoms with Crippen LogP contribution in [0.5, 0.6) is 0 Å². The Hall–Kier alpha value is -1.62. The molecule has 0 aliphatic rings. The third-order valence-corrected chi connectivity index (χ3v) is 3.34. The van der Waals surface area contributed by atoms with Gasteiger partial charge < -0.3 is 20.7 Å². The van der Waals surface area contributed by atoms with Gasteiger partial charge in [0.15, 0.2) is 5.96 Å². The lowest BCUT2D eigenvalue weighted by Gasteiger charge is -2.21. The summed E-state index contributed by atoms with van der Waals surface area (Å²) in [6, 6.07) is 6.35. The number of hydrogen-bond donors (Lipinski definition) is 3. The molecule has 3 N–H and O–H groups in total. The average Bonchev–Trinajstić information content (AvgIpc) is 2.57. The van der Waals surface area contributed by atoms with Crippen LogP contribution in [-0.2, 0) is 4.74 Å². The van der Waals surface area contributed by atoms with E-state index in [1.54, 1.807) is 19.2 Å². The maximum atomic E-state index is 10.6. The first kappa shape index (κ1) is 23.4. The summed E-state index contributed by atoms with van der Waals surface area (Å²) in [6.07, 6.45) is 0. The van der Waals surface area contributed by atoms with E-state index in [1.807, 2.05) is 20.8 Å². The smallest absolute Gasteiger partial charge is 0.269 e. The fourth-order valence-electron chi connectivity index (χ4n) is 1.76. The van der Waals surface area contributed by atoms with Crippen molar-refractivity contribution in [3.63, 3.8) is 0 Å². The number of non-ortho nitro benzene ring substituents is 1. The van der Waals surface area contributed by atoms with Gasteiger partial charge in [0.05, 0.1) is 17.1 Å². The molecule has 0 amide bonds. The summed E-state index contributed by atoms with van der Waals surface area (Å²) in [5.74, 6) is 0.730. The number of benzene rings is 1. The van der Waals surface area contributed by atoms with Gasteiger partial charge in [0, 0.05) is 44.6 Å². The largest absolute Gasteiger partial charge is 0.383 e. The molecule has 0 aromatic heterocycles. The number of methoxy groups -OCH3 is 1. The number of hydrogen-bond acceptors (Lipinski definition) is 5. The van der Waals surface area contributed by atoms with Gasteiger partial charge in [-0.05, 0) is 32.9 Å². The molecular weight excluding hydrogens is 437 g/mol. The molecule has 0 aliphatic carbocycles. The maximum absolute atomic E-state index is 10.6. The highest BCUT2D eigenvalue weighted by Gasteiger charge is 2.15. The zero-order valence-electron chi connectivity index (χ0n) is 15.2. The van der Waals surface area contributed by atoms with E-state index in [4.69, 9.17) is 4.74 Å². The van der Waals surface area contributed by atoms with Crippen molar-refractivity contribution in [2.24, 2.45) is 4.99 Å². The van der Waals surface area contributed by atoms with E-state index >= 15 is 0 Å². The van der Waals surface area contributed by atoms with Crippen LogP contribution >= 0.6 is 24.0 Å². The first-order valence-electron chi connectivity index (χ1n) is 7.93. The third-order valence-electron chi connectivity index (χ3n) is 3.34. The Morgan fingerprint density at radius 2 is 1.88 bits per heavy atom. The van der Waals surface area contributed by atoms with Crippen molar-refractivity contribution in [1.29, 1.82) is 0 Å². The summed E-state index contributed by atoms with van der Waals surface area (Å²) in [6.45, 7) is 8.62. The third kappa shape index (κ3) is 9.44. The van der Waals surface area contributed by atoms with Crippen molar-refractivity contribution in [2.45, 2.75) is 26.4 Å². The van der Waals surface area contributed by atoms with Crippen molar-refractivity contribution in [3.05, 3.63) is 34.4 Å². The van der Waals surface area contributed by atoms with Gasteiger partial charge in [-0.2, -0.15) is 0 Å². The number of nitro groups is 1. The fourth-order valence-corrected chi connectivity index (χ4v) is 1.76. The number of anilines is 1. The van der Waals surface area contributed by atoms with Crippen molar-refractivity contribution in [2.75, 3.05) is 38.6 Å². The molecule has 0 atom stereocenters. The van der Waals surface area contributed by atoms with Gasteiger partial charge >= 0.3 is 0 Å². The lowest BCUT2D eigenvalue weighted by atomic mass is 10.1. The van der Waals surface area contributed by atoms with Crippen LogP contribution in [0.25, 0.3) is 0 Å². The number of ether oxygens (including phenoxy) is 1. The van der Waals surface area contributed by atoms with E-state index in [1.165, 1.54) is 12.1 Å². The van der Waals surface area contributed by atoms with E-state index in [0.29, 0.717) is 19.6 Å². The summed E-state index contributed by atoms with van der Waals surface area (Å²) >= 11 is 0. The van der Waals surface area contributed by atoms with Crippen LogP contribution in [0.4, 0.5) is 11.4 Å². The van der Waals surface area contributed by atoms with Crippen LogP contribution in [0.1, 0.15) is 20.8 Å². The fraction of sp³-hybridized carbons (Fsp3) is 0.562. The zero-order valence-corrected chi connectivity index (χ0v) is 17.5. The molecule has 9 heteroatoms. The SMILES string of the molecule is CCNC(=NCC(C)(C)OC)NCCNc1ccc([N+](=O)[O-])cc1.I. The molecule has 1 aromatic carbocycles. The second kappa shape index (κ2) is 11.9. The number of guanidine groups is 1. The molecule has 0 aliphatic heterocycles. The number of nitrogens with one attached hydrogen (secondary N) is 3. The molecular formula is C16H28IN5O3. The highest BCUT2D eigenvalue weighted by Crippen LogP contribution is 2.14. The summed E-state index contributed by atoms with van der Waals surface area (Å²) in [5.41, 5.74) is 0.616. The number of halogens is 1. The Balaban J connectivity index is 0.00000576. The first-order chi connectivity index (χ1) is 11.4. The van der Waals surface area contributed by atoms with Gasteiger partial charge in [0.25, 0.3) is 5.69 Å². The molecule has 0 saturated heterocycles. The summed E-state index contributed by atoms with van der Waals surface area (Å²) < 4.78 is 5.35. The van der Waals surface area contributed by atoms with Crippen molar-refractivity contribution < 1.29 is 9.66 Å². The molecule has 25 heavy (non-hydrogen) atoms. The molecule has 0 spiro atoms. The molecule has 0 heterocycles. The van der Waals surface area contributed by atoms with Gasteiger partial charge in [-0.15, -0.1) is 24.0 Å². The van der Waals surface area contributed by atoms with Crippen LogP contribution in [0.3, 0.4) is 0 Å². The lowest BCUT2D eigenvalue weighted by Crippen LogP contribution is -2.41. The van der Waals surface area contributed by atoms with Gasteiger partial charge in [-0.3, -0.25) is 15.1 Å². The molecule has 0 saturated carbocycles. The minimum atomic E-state index is -0.411. The summed E-state index contributed by atoms with van der Waals surface area (Å²) in [7, 11) is 1.67. The Kier molecular flexibility index (Phi) is 11.1. The molecule has 1 rings (SSSR count). The Morgan fingerprint density at radius 1 is 1.24 bits per heavy atom. The van der Waals surface area contributed by atoms with E-state index in [-0.39, 0.29) is 35.3 Å². The minimum Gasteiger partial charge on any atom is -0.383 e. The van der Waals surface area contributed by atoms with E-state index in [2.05, 4.69) is 20.9 Å². The quantitative estimate of drug-likeness (QED) is 0.130. The van der Waals surface area contributed by atoms with Crippen LogP contribution in [0.2, 0.25) is 0 Å².